The number of rotatable bonds is 1. The quantitative estimate of drug-likeness (QED) is 0.457. The molecule has 0 radical (unpaired) electrons. The Morgan fingerprint density at radius 1 is 1.12 bits per heavy atom. The third-order valence-electron chi connectivity index (χ3n) is 2.28. The van der Waals surface area contributed by atoms with Crippen molar-refractivity contribution in [3.63, 3.8) is 0 Å². The first-order chi connectivity index (χ1) is 7.93. The maximum absolute atomic E-state index is 11.5. The predicted molar refractivity (Wildman–Crippen MR) is 53.0 cm³/mol. The van der Waals surface area contributed by atoms with Gasteiger partial charge in [-0.25, -0.2) is 4.79 Å². The summed E-state index contributed by atoms with van der Waals surface area (Å²) in [6.07, 6.45) is 0. The molecule has 0 aromatic heterocycles. The number of carboxylic acid groups (broad SMARTS) is 1. The first-order valence-corrected chi connectivity index (χ1v) is 4.42. The molecule has 1 aromatic rings. The number of amides is 1. The lowest BCUT2D eigenvalue weighted by molar-refractivity contribution is -0.132. The summed E-state index contributed by atoms with van der Waals surface area (Å²) >= 11 is 0. The fourth-order valence-corrected chi connectivity index (χ4v) is 1.54. The fourth-order valence-electron chi connectivity index (χ4n) is 1.54. The van der Waals surface area contributed by atoms with E-state index in [2.05, 4.69) is 5.32 Å². The van der Waals surface area contributed by atoms with E-state index in [9.17, 15) is 24.3 Å². The highest BCUT2D eigenvalue weighted by molar-refractivity contribution is 6.71. The highest BCUT2D eigenvalue weighted by Gasteiger charge is 2.36. The molecule has 3 N–H and O–H groups in total. The van der Waals surface area contributed by atoms with Crippen LogP contribution in [-0.4, -0.2) is 33.7 Å². The number of carbonyl (C=O) groups is 4. The standard InChI is InChI=1S/C10H5NO6/c12-4-2-1-3-5(6(4)10(16)17)7(13)8(14)9(15)11-3/h1-2,12H,(H,11,15)(H,16,17). The number of aromatic carboxylic acids is 1. The van der Waals surface area contributed by atoms with E-state index in [-0.39, 0.29) is 5.69 Å². The van der Waals surface area contributed by atoms with Crippen LogP contribution in [0.2, 0.25) is 0 Å². The zero-order valence-corrected chi connectivity index (χ0v) is 8.18. The van der Waals surface area contributed by atoms with Gasteiger partial charge in [-0.15, -0.1) is 0 Å². The minimum absolute atomic E-state index is 0.102. The Morgan fingerprint density at radius 2 is 1.76 bits per heavy atom. The Bertz CT molecular complexity index is 589. The van der Waals surface area contributed by atoms with Crippen LogP contribution in [0.1, 0.15) is 20.7 Å². The molecule has 0 fully saturated rings. The van der Waals surface area contributed by atoms with Gasteiger partial charge in [-0.05, 0) is 12.1 Å². The lowest BCUT2D eigenvalue weighted by Crippen LogP contribution is -2.36. The third-order valence-corrected chi connectivity index (χ3v) is 2.28. The van der Waals surface area contributed by atoms with E-state index in [0.29, 0.717) is 0 Å². The number of nitrogens with one attached hydrogen (secondary N) is 1. The molecule has 0 saturated carbocycles. The number of Topliss-reactive ketones (excluding diaryl/α,β-unsaturated/α-hetero) is 2. The summed E-state index contributed by atoms with van der Waals surface area (Å²) in [5.74, 6) is -5.92. The van der Waals surface area contributed by atoms with Crippen LogP contribution in [0.25, 0.3) is 0 Å². The molecule has 7 heteroatoms. The minimum atomic E-state index is -1.56. The van der Waals surface area contributed by atoms with Gasteiger partial charge in [0.15, 0.2) is 0 Å². The van der Waals surface area contributed by atoms with Crippen LogP contribution in [0.4, 0.5) is 5.69 Å². The second-order valence-electron chi connectivity index (χ2n) is 3.30. The van der Waals surface area contributed by atoms with Crippen LogP contribution in [0.5, 0.6) is 5.75 Å². The molecule has 17 heavy (non-hydrogen) atoms. The van der Waals surface area contributed by atoms with Crippen molar-refractivity contribution in [3.05, 3.63) is 23.3 Å². The summed E-state index contributed by atoms with van der Waals surface area (Å²) in [5, 5.41) is 20.3. The van der Waals surface area contributed by atoms with Crippen molar-refractivity contribution in [2.24, 2.45) is 0 Å². The summed E-state index contributed by atoms with van der Waals surface area (Å²) in [6.45, 7) is 0. The van der Waals surface area contributed by atoms with Gasteiger partial charge in [0.05, 0.1) is 11.3 Å². The lowest BCUT2D eigenvalue weighted by Gasteiger charge is -2.16. The van der Waals surface area contributed by atoms with Crippen molar-refractivity contribution >= 4 is 29.1 Å². The van der Waals surface area contributed by atoms with E-state index in [4.69, 9.17) is 5.11 Å². The minimum Gasteiger partial charge on any atom is -0.507 e. The number of ketones is 2. The zero-order chi connectivity index (χ0) is 12.7. The smallest absolute Gasteiger partial charge is 0.340 e. The molecular formula is C10H5NO6. The predicted octanol–water partition coefficient (Wildman–Crippen LogP) is -0.206. The largest absolute Gasteiger partial charge is 0.507 e. The molecule has 1 aliphatic rings. The van der Waals surface area contributed by atoms with Crippen LogP contribution in [0, 0.1) is 0 Å². The zero-order valence-electron chi connectivity index (χ0n) is 8.18. The van der Waals surface area contributed by atoms with E-state index in [1.165, 1.54) is 0 Å². The summed E-state index contributed by atoms with van der Waals surface area (Å²) in [4.78, 5) is 44.6. The first kappa shape index (κ1) is 10.8. The van der Waals surface area contributed by atoms with Gasteiger partial charge in [-0.2, -0.15) is 0 Å². The number of carbonyl (C=O) groups excluding carboxylic acids is 3. The summed E-state index contributed by atoms with van der Waals surface area (Å²) in [5.41, 5.74) is -1.29. The van der Waals surface area contributed by atoms with Crippen LogP contribution in [0.3, 0.4) is 0 Å². The van der Waals surface area contributed by atoms with Gasteiger partial charge in [0, 0.05) is 0 Å². The number of hydrogen-bond acceptors (Lipinski definition) is 5. The molecule has 0 atom stereocenters. The molecule has 0 aliphatic carbocycles. The Morgan fingerprint density at radius 3 is 2.35 bits per heavy atom. The summed E-state index contributed by atoms with van der Waals surface area (Å²) < 4.78 is 0. The van der Waals surface area contributed by atoms with Gasteiger partial charge in [-0.1, -0.05) is 0 Å². The van der Waals surface area contributed by atoms with Gasteiger partial charge in [0.1, 0.15) is 11.3 Å². The third kappa shape index (κ3) is 1.44. The molecule has 7 nitrogen and oxygen atoms in total. The molecule has 0 bridgehead atoms. The highest BCUT2D eigenvalue weighted by atomic mass is 16.4. The fraction of sp³-hybridized carbons (Fsp3) is 0. The molecule has 86 valence electrons. The average Bonchev–Trinajstić information content (AvgIpc) is 2.26. The molecule has 0 saturated heterocycles. The Labute approximate surface area is 93.7 Å². The van der Waals surface area contributed by atoms with Gasteiger partial charge in [0.25, 0.3) is 11.7 Å². The Kier molecular flexibility index (Phi) is 2.17. The Hall–Kier alpha value is -2.70. The molecular weight excluding hydrogens is 230 g/mol. The monoisotopic (exact) mass is 235 g/mol. The van der Waals surface area contributed by atoms with Gasteiger partial charge < -0.3 is 15.5 Å². The number of aromatic hydroxyl groups is 1. The van der Waals surface area contributed by atoms with E-state index >= 15 is 0 Å². The second-order valence-corrected chi connectivity index (χ2v) is 3.30. The van der Waals surface area contributed by atoms with Gasteiger partial charge >= 0.3 is 5.97 Å². The number of phenols is 1. The molecule has 1 heterocycles. The van der Waals surface area contributed by atoms with E-state index in [1.54, 1.807) is 0 Å². The molecule has 1 aromatic carbocycles. The SMILES string of the molecule is O=C1Nc2ccc(O)c(C(=O)O)c2C(=O)C1=O. The number of anilines is 1. The topological polar surface area (TPSA) is 121 Å². The van der Waals surface area contributed by atoms with Crippen molar-refractivity contribution in [1.29, 1.82) is 0 Å². The van der Waals surface area contributed by atoms with E-state index in [0.717, 1.165) is 12.1 Å². The molecule has 0 spiro atoms. The lowest BCUT2D eigenvalue weighted by atomic mass is 9.94. The van der Waals surface area contributed by atoms with Gasteiger partial charge in [0.2, 0.25) is 5.78 Å². The van der Waals surface area contributed by atoms with Crippen LogP contribution >= 0.6 is 0 Å². The number of fused-ring (bicyclic) bond motifs is 1. The molecule has 2 rings (SSSR count). The highest BCUT2D eigenvalue weighted by Crippen LogP contribution is 2.31. The summed E-state index contributed by atoms with van der Waals surface area (Å²) in [6, 6.07) is 2.17. The van der Waals surface area contributed by atoms with Crippen LogP contribution in [0.15, 0.2) is 12.1 Å². The van der Waals surface area contributed by atoms with Crippen molar-refractivity contribution in [3.8, 4) is 5.75 Å². The maximum Gasteiger partial charge on any atom is 0.340 e. The molecule has 1 amide bonds. The van der Waals surface area contributed by atoms with Crippen molar-refractivity contribution in [2.75, 3.05) is 5.32 Å². The normalized spacial score (nSPS) is 14.2. The number of carboxylic acids is 1. The number of hydrogen-bond donors (Lipinski definition) is 3. The summed E-state index contributed by atoms with van der Waals surface area (Å²) in [7, 11) is 0. The van der Waals surface area contributed by atoms with Crippen LogP contribution < -0.4 is 5.32 Å². The van der Waals surface area contributed by atoms with Crippen molar-refractivity contribution < 1.29 is 29.4 Å². The van der Waals surface area contributed by atoms with Crippen molar-refractivity contribution in [1.82, 2.24) is 0 Å². The molecule has 0 unspecified atom stereocenters. The second kappa shape index (κ2) is 3.41. The van der Waals surface area contributed by atoms with Crippen molar-refractivity contribution in [2.45, 2.75) is 0 Å². The Balaban J connectivity index is 2.79. The number of benzene rings is 1. The van der Waals surface area contributed by atoms with E-state index < -0.39 is 40.3 Å². The maximum atomic E-state index is 11.5. The van der Waals surface area contributed by atoms with Crippen LogP contribution in [-0.2, 0) is 9.59 Å². The van der Waals surface area contributed by atoms with E-state index in [1.807, 2.05) is 0 Å². The van der Waals surface area contributed by atoms with Gasteiger partial charge in [-0.3, -0.25) is 14.4 Å². The first-order valence-electron chi connectivity index (χ1n) is 4.42. The average molecular weight is 235 g/mol. The molecule has 1 aliphatic heterocycles.